The first-order valence-corrected chi connectivity index (χ1v) is 8.32. The number of aryl methyl sites for hydroxylation is 1. The van der Waals surface area contributed by atoms with Gasteiger partial charge >= 0.3 is 0 Å². The molecule has 1 aromatic heterocycles. The zero-order valence-electron chi connectivity index (χ0n) is 12.1. The maximum atomic E-state index is 6.22. The van der Waals surface area contributed by atoms with Crippen LogP contribution in [0, 0.1) is 12.8 Å². The van der Waals surface area contributed by atoms with Crippen LogP contribution in [0.3, 0.4) is 0 Å². The van der Waals surface area contributed by atoms with Gasteiger partial charge in [-0.05, 0) is 37.4 Å². The summed E-state index contributed by atoms with van der Waals surface area (Å²) < 4.78 is 0.943. The fourth-order valence-electron chi connectivity index (χ4n) is 2.43. The SMILES string of the molecule is CCCCC(CC)C(NCC)c1cc(C)c(Cl)s1. The molecule has 0 radical (unpaired) electrons. The minimum Gasteiger partial charge on any atom is -0.309 e. The molecule has 0 saturated carbocycles. The number of hydrogen-bond acceptors (Lipinski definition) is 2. The second kappa shape index (κ2) is 8.19. The average molecular weight is 288 g/mol. The van der Waals surface area contributed by atoms with Crippen LogP contribution in [-0.2, 0) is 0 Å². The van der Waals surface area contributed by atoms with E-state index in [1.54, 1.807) is 11.3 Å². The molecule has 1 nitrogen and oxygen atoms in total. The van der Waals surface area contributed by atoms with Crippen LogP contribution in [0.2, 0.25) is 4.34 Å². The minimum atomic E-state index is 0.475. The van der Waals surface area contributed by atoms with Gasteiger partial charge in [-0.2, -0.15) is 0 Å². The third-order valence-corrected chi connectivity index (χ3v) is 5.17. The van der Waals surface area contributed by atoms with E-state index in [0.29, 0.717) is 6.04 Å². The highest BCUT2D eigenvalue weighted by Crippen LogP contribution is 2.36. The molecule has 0 bridgehead atoms. The molecule has 0 aliphatic heterocycles. The Kier molecular flexibility index (Phi) is 7.28. The summed E-state index contributed by atoms with van der Waals surface area (Å²) in [7, 11) is 0. The van der Waals surface area contributed by atoms with Crippen LogP contribution < -0.4 is 5.32 Å². The van der Waals surface area contributed by atoms with Crippen molar-refractivity contribution in [3.8, 4) is 0 Å². The van der Waals surface area contributed by atoms with E-state index in [0.717, 1.165) is 16.8 Å². The van der Waals surface area contributed by atoms with Gasteiger partial charge in [-0.15, -0.1) is 11.3 Å². The molecule has 0 fully saturated rings. The van der Waals surface area contributed by atoms with Crippen LogP contribution in [0.15, 0.2) is 6.07 Å². The molecule has 0 saturated heterocycles. The standard InChI is InChI=1S/C15H26ClNS/c1-5-8-9-12(6-2)14(17-7-3)13-10-11(4)15(16)18-13/h10,12,14,17H,5-9H2,1-4H3. The van der Waals surface area contributed by atoms with E-state index in [2.05, 4.69) is 39.1 Å². The van der Waals surface area contributed by atoms with Crippen molar-refractivity contribution < 1.29 is 0 Å². The Morgan fingerprint density at radius 2 is 2.06 bits per heavy atom. The van der Waals surface area contributed by atoms with E-state index in [4.69, 9.17) is 11.6 Å². The maximum Gasteiger partial charge on any atom is 0.0960 e. The fourth-order valence-corrected chi connectivity index (χ4v) is 3.82. The van der Waals surface area contributed by atoms with Gasteiger partial charge in [0.15, 0.2) is 0 Å². The van der Waals surface area contributed by atoms with Gasteiger partial charge in [0.05, 0.1) is 4.34 Å². The summed E-state index contributed by atoms with van der Waals surface area (Å²) in [6.45, 7) is 9.86. The fraction of sp³-hybridized carbons (Fsp3) is 0.733. The highest BCUT2D eigenvalue weighted by molar-refractivity contribution is 7.16. The van der Waals surface area contributed by atoms with E-state index in [1.165, 1.54) is 36.1 Å². The van der Waals surface area contributed by atoms with E-state index in [9.17, 15) is 0 Å². The lowest BCUT2D eigenvalue weighted by molar-refractivity contribution is 0.332. The Hall–Kier alpha value is -0.0500. The van der Waals surface area contributed by atoms with E-state index in [1.807, 2.05) is 0 Å². The van der Waals surface area contributed by atoms with E-state index >= 15 is 0 Å². The average Bonchev–Trinajstić information content (AvgIpc) is 2.69. The van der Waals surface area contributed by atoms with Gasteiger partial charge in [0, 0.05) is 10.9 Å². The van der Waals surface area contributed by atoms with Crippen molar-refractivity contribution in [2.75, 3.05) is 6.54 Å². The molecule has 1 aromatic rings. The minimum absolute atomic E-state index is 0.475. The van der Waals surface area contributed by atoms with Crippen LogP contribution in [0.25, 0.3) is 0 Å². The molecule has 1 rings (SSSR count). The number of halogens is 1. The molecule has 0 amide bonds. The lowest BCUT2D eigenvalue weighted by Crippen LogP contribution is -2.27. The number of nitrogens with one attached hydrogen (secondary N) is 1. The highest BCUT2D eigenvalue weighted by atomic mass is 35.5. The third kappa shape index (κ3) is 4.25. The van der Waals surface area contributed by atoms with Gasteiger partial charge in [-0.1, -0.05) is 51.6 Å². The summed E-state index contributed by atoms with van der Waals surface area (Å²) in [6, 6.07) is 2.73. The molecule has 18 heavy (non-hydrogen) atoms. The Morgan fingerprint density at radius 1 is 1.33 bits per heavy atom. The first-order valence-electron chi connectivity index (χ1n) is 7.13. The van der Waals surface area contributed by atoms with Crippen LogP contribution in [-0.4, -0.2) is 6.54 Å². The molecule has 1 heterocycles. The summed E-state index contributed by atoms with van der Waals surface area (Å²) in [5.74, 6) is 0.721. The second-order valence-corrected chi connectivity index (χ2v) is 6.64. The van der Waals surface area contributed by atoms with E-state index < -0.39 is 0 Å². The van der Waals surface area contributed by atoms with Gasteiger partial charge in [0.25, 0.3) is 0 Å². The topological polar surface area (TPSA) is 12.0 Å². The van der Waals surface area contributed by atoms with Gasteiger partial charge in [0.2, 0.25) is 0 Å². The lowest BCUT2D eigenvalue weighted by atomic mass is 9.90. The molecule has 0 aromatic carbocycles. The van der Waals surface area contributed by atoms with Gasteiger partial charge in [-0.25, -0.2) is 0 Å². The Balaban J connectivity index is 2.85. The summed E-state index contributed by atoms with van der Waals surface area (Å²) in [5.41, 5.74) is 1.21. The summed E-state index contributed by atoms with van der Waals surface area (Å²) >= 11 is 7.96. The zero-order valence-corrected chi connectivity index (χ0v) is 13.6. The van der Waals surface area contributed by atoms with Crippen molar-refractivity contribution in [3.63, 3.8) is 0 Å². The van der Waals surface area contributed by atoms with Crippen molar-refractivity contribution >= 4 is 22.9 Å². The van der Waals surface area contributed by atoms with Crippen molar-refractivity contribution in [3.05, 3.63) is 20.8 Å². The molecule has 1 N–H and O–H groups in total. The van der Waals surface area contributed by atoms with Gasteiger partial charge in [0.1, 0.15) is 0 Å². The molecule has 0 spiro atoms. The summed E-state index contributed by atoms with van der Waals surface area (Å²) in [5, 5.41) is 3.65. The zero-order chi connectivity index (χ0) is 13.5. The van der Waals surface area contributed by atoms with Gasteiger partial charge in [-0.3, -0.25) is 0 Å². The first kappa shape index (κ1) is 16.0. The molecule has 2 atom stereocenters. The molecule has 0 aliphatic carbocycles. The monoisotopic (exact) mass is 287 g/mol. The number of hydrogen-bond donors (Lipinski definition) is 1. The van der Waals surface area contributed by atoms with Crippen LogP contribution in [0.1, 0.15) is 62.9 Å². The van der Waals surface area contributed by atoms with Crippen LogP contribution in [0.4, 0.5) is 0 Å². The molecule has 3 heteroatoms. The van der Waals surface area contributed by atoms with E-state index in [-0.39, 0.29) is 0 Å². The summed E-state index contributed by atoms with van der Waals surface area (Å²) in [4.78, 5) is 1.40. The second-order valence-electron chi connectivity index (χ2n) is 4.95. The summed E-state index contributed by atoms with van der Waals surface area (Å²) in [6.07, 6.45) is 5.13. The lowest BCUT2D eigenvalue weighted by Gasteiger charge is -2.26. The van der Waals surface area contributed by atoms with Crippen molar-refractivity contribution in [1.29, 1.82) is 0 Å². The first-order chi connectivity index (χ1) is 8.63. The predicted octanol–water partition coefficient (Wildman–Crippen LogP) is 5.58. The quantitative estimate of drug-likeness (QED) is 0.658. The predicted molar refractivity (Wildman–Crippen MR) is 83.8 cm³/mol. The number of rotatable bonds is 8. The van der Waals surface area contributed by atoms with Gasteiger partial charge < -0.3 is 5.32 Å². The Labute approximate surface area is 121 Å². The number of thiophene rings is 1. The van der Waals surface area contributed by atoms with Crippen LogP contribution >= 0.6 is 22.9 Å². The molecular formula is C15H26ClNS. The highest BCUT2D eigenvalue weighted by Gasteiger charge is 2.22. The molecule has 104 valence electrons. The van der Waals surface area contributed by atoms with Crippen molar-refractivity contribution in [1.82, 2.24) is 5.32 Å². The number of unbranched alkanes of at least 4 members (excludes halogenated alkanes) is 1. The Bertz CT molecular complexity index is 329. The normalized spacial score (nSPS) is 14.7. The third-order valence-electron chi connectivity index (χ3n) is 3.53. The van der Waals surface area contributed by atoms with Crippen molar-refractivity contribution in [2.45, 2.75) is 59.4 Å². The smallest absolute Gasteiger partial charge is 0.0960 e. The van der Waals surface area contributed by atoms with Crippen molar-refractivity contribution in [2.24, 2.45) is 5.92 Å². The maximum absolute atomic E-state index is 6.22. The molecule has 2 unspecified atom stereocenters. The molecular weight excluding hydrogens is 262 g/mol. The largest absolute Gasteiger partial charge is 0.309 e. The Morgan fingerprint density at radius 3 is 2.50 bits per heavy atom. The van der Waals surface area contributed by atoms with Crippen LogP contribution in [0.5, 0.6) is 0 Å². The molecule has 0 aliphatic rings.